The fourth-order valence-electron chi connectivity index (χ4n) is 2.97. The van der Waals surface area contributed by atoms with E-state index in [0.717, 1.165) is 55.0 Å². The number of fused-ring (bicyclic) bond motifs is 1. The Morgan fingerprint density at radius 1 is 1.30 bits per heavy atom. The van der Waals surface area contributed by atoms with Gasteiger partial charge in [-0.3, -0.25) is 9.69 Å². The summed E-state index contributed by atoms with van der Waals surface area (Å²) in [6, 6.07) is 6.23. The average Bonchev–Trinajstić information content (AvgIpc) is 2.45. The molecule has 1 aromatic rings. The molecule has 0 spiro atoms. The maximum Gasteiger partial charge on any atom is 0.254 e. The molecular formula is C15H19BrN2O2. The molecule has 1 unspecified atom stereocenters. The monoisotopic (exact) mass is 338 g/mol. The van der Waals surface area contributed by atoms with Gasteiger partial charge < -0.3 is 9.64 Å². The summed E-state index contributed by atoms with van der Waals surface area (Å²) in [5.74, 6) is 0.125. The Hall–Kier alpha value is -0.910. The van der Waals surface area contributed by atoms with Crippen LogP contribution in [0.25, 0.3) is 0 Å². The van der Waals surface area contributed by atoms with Gasteiger partial charge in [-0.2, -0.15) is 0 Å². The molecule has 0 aliphatic carbocycles. The smallest absolute Gasteiger partial charge is 0.254 e. The maximum atomic E-state index is 12.6. The largest absolute Gasteiger partial charge is 0.378 e. The van der Waals surface area contributed by atoms with Crippen molar-refractivity contribution in [2.24, 2.45) is 0 Å². The SMILES string of the molecule is Cc1cc(Br)cc(C(=O)N2CCN3CCOCC3C2)c1. The third-order valence-corrected chi connectivity index (χ3v) is 4.47. The lowest BCUT2D eigenvalue weighted by Crippen LogP contribution is -2.59. The summed E-state index contributed by atoms with van der Waals surface area (Å²) in [6.07, 6.45) is 0. The second-order valence-corrected chi connectivity index (χ2v) is 6.45. The second kappa shape index (κ2) is 5.84. The van der Waals surface area contributed by atoms with Crippen LogP contribution in [0, 0.1) is 6.92 Å². The lowest BCUT2D eigenvalue weighted by atomic mass is 10.1. The highest BCUT2D eigenvalue weighted by atomic mass is 79.9. The van der Waals surface area contributed by atoms with Gasteiger partial charge >= 0.3 is 0 Å². The highest BCUT2D eigenvalue weighted by Gasteiger charge is 2.31. The first-order chi connectivity index (χ1) is 9.63. The molecule has 2 aliphatic heterocycles. The lowest BCUT2D eigenvalue weighted by molar-refractivity contribution is -0.0395. The molecule has 20 heavy (non-hydrogen) atoms. The molecule has 2 heterocycles. The van der Waals surface area contributed by atoms with Gasteiger partial charge in [-0.15, -0.1) is 0 Å². The number of hydrogen-bond donors (Lipinski definition) is 0. The topological polar surface area (TPSA) is 32.8 Å². The lowest BCUT2D eigenvalue weighted by Gasteiger charge is -2.43. The van der Waals surface area contributed by atoms with Gasteiger partial charge in [0.15, 0.2) is 0 Å². The van der Waals surface area contributed by atoms with Crippen LogP contribution in [0.5, 0.6) is 0 Å². The number of morpholine rings is 1. The highest BCUT2D eigenvalue weighted by Crippen LogP contribution is 2.19. The molecule has 1 atom stereocenters. The fraction of sp³-hybridized carbons (Fsp3) is 0.533. The Kier molecular flexibility index (Phi) is 4.10. The van der Waals surface area contributed by atoms with Gasteiger partial charge in [0, 0.05) is 36.2 Å². The van der Waals surface area contributed by atoms with Crippen molar-refractivity contribution in [3.05, 3.63) is 33.8 Å². The third-order valence-electron chi connectivity index (χ3n) is 4.01. The van der Waals surface area contributed by atoms with Crippen molar-refractivity contribution in [3.8, 4) is 0 Å². The third kappa shape index (κ3) is 2.90. The molecule has 5 heteroatoms. The molecule has 1 aromatic carbocycles. The molecule has 3 rings (SSSR count). The molecule has 2 saturated heterocycles. The molecule has 0 bridgehead atoms. The molecule has 108 valence electrons. The van der Waals surface area contributed by atoms with Crippen LogP contribution in [0.3, 0.4) is 0 Å². The Labute approximate surface area is 127 Å². The van der Waals surface area contributed by atoms with E-state index in [0.29, 0.717) is 6.04 Å². The van der Waals surface area contributed by atoms with Gasteiger partial charge in [-0.1, -0.05) is 15.9 Å². The summed E-state index contributed by atoms with van der Waals surface area (Å²) >= 11 is 3.46. The van der Waals surface area contributed by atoms with E-state index in [4.69, 9.17) is 4.74 Å². The summed E-state index contributed by atoms with van der Waals surface area (Å²) in [5, 5.41) is 0. The number of amides is 1. The molecule has 2 aliphatic rings. The van der Waals surface area contributed by atoms with E-state index in [-0.39, 0.29) is 5.91 Å². The first-order valence-electron chi connectivity index (χ1n) is 7.02. The predicted molar refractivity (Wildman–Crippen MR) is 81.0 cm³/mol. The Balaban J connectivity index is 1.74. The Bertz CT molecular complexity index is 500. The highest BCUT2D eigenvalue weighted by molar-refractivity contribution is 9.10. The van der Waals surface area contributed by atoms with Crippen molar-refractivity contribution in [1.82, 2.24) is 9.80 Å². The zero-order valence-corrected chi connectivity index (χ0v) is 13.2. The van der Waals surface area contributed by atoms with E-state index in [1.807, 2.05) is 30.0 Å². The van der Waals surface area contributed by atoms with Crippen LogP contribution in [-0.2, 0) is 4.74 Å². The van der Waals surface area contributed by atoms with Gasteiger partial charge in [0.05, 0.1) is 19.3 Å². The van der Waals surface area contributed by atoms with Crippen LogP contribution < -0.4 is 0 Å². The molecule has 4 nitrogen and oxygen atoms in total. The molecule has 0 N–H and O–H groups in total. The van der Waals surface area contributed by atoms with Crippen LogP contribution in [-0.4, -0.2) is 61.1 Å². The second-order valence-electron chi connectivity index (χ2n) is 5.53. The molecular weight excluding hydrogens is 320 g/mol. The predicted octanol–water partition coefficient (Wildman–Crippen LogP) is 1.91. The number of halogens is 1. The number of aryl methyl sites for hydroxylation is 1. The number of ether oxygens (including phenoxy) is 1. The van der Waals surface area contributed by atoms with Crippen molar-refractivity contribution < 1.29 is 9.53 Å². The van der Waals surface area contributed by atoms with Crippen LogP contribution in [0.4, 0.5) is 0 Å². The van der Waals surface area contributed by atoms with E-state index in [9.17, 15) is 4.79 Å². The standard InChI is InChI=1S/C15H19BrN2O2/c1-11-6-12(8-13(16)7-11)15(19)18-3-2-17-4-5-20-10-14(17)9-18/h6-8,14H,2-5,9-10H2,1H3. The van der Waals surface area contributed by atoms with Crippen molar-refractivity contribution >= 4 is 21.8 Å². The van der Waals surface area contributed by atoms with E-state index in [1.54, 1.807) is 0 Å². The normalized spacial score (nSPS) is 23.5. The molecule has 0 radical (unpaired) electrons. The van der Waals surface area contributed by atoms with E-state index >= 15 is 0 Å². The number of rotatable bonds is 1. The van der Waals surface area contributed by atoms with Crippen molar-refractivity contribution in [2.45, 2.75) is 13.0 Å². The summed E-state index contributed by atoms with van der Waals surface area (Å²) in [6.45, 7) is 7.08. The Morgan fingerprint density at radius 3 is 2.95 bits per heavy atom. The average molecular weight is 339 g/mol. The molecule has 0 aromatic heterocycles. The van der Waals surface area contributed by atoms with E-state index < -0.39 is 0 Å². The van der Waals surface area contributed by atoms with Gasteiger partial charge in [-0.05, 0) is 30.7 Å². The first kappa shape index (κ1) is 14.0. The number of nitrogens with zero attached hydrogens (tertiary/aromatic N) is 2. The van der Waals surface area contributed by atoms with Gasteiger partial charge in [0.1, 0.15) is 0 Å². The maximum absolute atomic E-state index is 12.6. The summed E-state index contributed by atoms with van der Waals surface area (Å²) in [5.41, 5.74) is 1.87. The van der Waals surface area contributed by atoms with E-state index in [2.05, 4.69) is 20.8 Å². The molecule has 2 fully saturated rings. The molecule has 0 saturated carbocycles. The summed E-state index contributed by atoms with van der Waals surface area (Å²) < 4.78 is 6.48. The number of carbonyl (C=O) groups is 1. The fourth-order valence-corrected chi connectivity index (χ4v) is 3.58. The quantitative estimate of drug-likeness (QED) is 0.784. The molecule has 1 amide bonds. The summed E-state index contributed by atoms with van der Waals surface area (Å²) in [4.78, 5) is 17.0. The zero-order chi connectivity index (χ0) is 14.1. The minimum atomic E-state index is 0.125. The number of benzene rings is 1. The van der Waals surface area contributed by atoms with Crippen LogP contribution in [0.1, 0.15) is 15.9 Å². The van der Waals surface area contributed by atoms with Crippen molar-refractivity contribution in [1.29, 1.82) is 0 Å². The van der Waals surface area contributed by atoms with Crippen LogP contribution in [0.2, 0.25) is 0 Å². The van der Waals surface area contributed by atoms with E-state index in [1.165, 1.54) is 0 Å². The minimum Gasteiger partial charge on any atom is -0.378 e. The van der Waals surface area contributed by atoms with Gasteiger partial charge in [-0.25, -0.2) is 0 Å². The van der Waals surface area contributed by atoms with Crippen LogP contribution in [0.15, 0.2) is 22.7 Å². The van der Waals surface area contributed by atoms with Crippen molar-refractivity contribution in [2.75, 3.05) is 39.4 Å². The van der Waals surface area contributed by atoms with Crippen molar-refractivity contribution in [3.63, 3.8) is 0 Å². The van der Waals surface area contributed by atoms with Gasteiger partial charge in [0.25, 0.3) is 5.91 Å². The Morgan fingerprint density at radius 2 is 2.15 bits per heavy atom. The number of piperazine rings is 1. The first-order valence-corrected chi connectivity index (χ1v) is 7.81. The number of carbonyl (C=O) groups excluding carboxylic acids is 1. The zero-order valence-electron chi connectivity index (χ0n) is 11.6. The number of hydrogen-bond acceptors (Lipinski definition) is 3. The van der Waals surface area contributed by atoms with Crippen LogP contribution >= 0.6 is 15.9 Å². The minimum absolute atomic E-state index is 0.125. The summed E-state index contributed by atoms with van der Waals surface area (Å²) in [7, 11) is 0. The van der Waals surface area contributed by atoms with Gasteiger partial charge in [0.2, 0.25) is 0 Å².